The van der Waals surface area contributed by atoms with Crippen LogP contribution in [0.4, 0.5) is 5.69 Å². The molecular formula is C8H5Br2NO3. The third kappa shape index (κ3) is 2.19. The van der Waals surface area contributed by atoms with E-state index < -0.39 is 4.92 Å². The van der Waals surface area contributed by atoms with Crippen molar-refractivity contribution in [2.75, 3.05) is 0 Å². The van der Waals surface area contributed by atoms with Crippen LogP contribution in [-0.4, -0.2) is 10.7 Å². The molecule has 6 heteroatoms. The van der Waals surface area contributed by atoms with E-state index in [4.69, 9.17) is 0 Å². The zero-order valence-corrected chi connectivity index (χ0v) is 10.3. The number of hydrogen-bond acceptors (Lipinski definition) is 3. The first-order valence-corrected chi connectivity index (χ1v) is 5.16. The lowest BCUT2D eigenvalue weighted by Gasteiger charge is -2.01. The van der Waals surface area contributed by atoms with Gasteiger partial charge in [0.05, 0.1) is 9.40 Å². The van der Waals surface area contributed by atoms with Crippen LogP contribution in [0.1, 0.15) is 17.3 Å². The Balaban J connectivity index is 3.42. The maximum absolute atomic E-state index is 11.1. The van der Waals surface area contributed by atoms with Crippen molar-refractivity contribution in [3.8, 4) is 0 Å². The molecule has 0 radical (unpaired) electrons. The van der Waals surface area contributed by atoms with Gasteiger partial charge in [-0.25, -0.2) is 0 Å². The van der Waals surface area contributed by atoms with E-state index in [0.717, 1.165) is 0 Å². The molecule has 1 aromatic carbocycles. The summed E-state index contributed by atoms with van der Waals surface area (Å²) in [4.78, 5) is 21.1. The van der Waals surface area contributed by atoms with E-state index in [1.54, 1.807) is 0 Å². The molecule has 0 aliphatic rings. The number of nitro benzene ring substituents is 1. The molecule has 0 spiro atoms. The molecule has 0 N–H and O–H groups in total. The van der Waals surface area contributed by atoms with Crippen molar-refractivity contribution in [3.63, 3.8) is 0 Å². The average molecular weight is 323 g/mol. The minimum absolute atomic E-state index is 0.113. The Bertz CT molecular complexity index is 382. The second-order valence-corrected chi connectivity index (χ2v) is 4.31. The van der Waals surface area contributed by atoms with Crippen LogP contribution in [-0.2, 0) is 0 Å². The molecule has 0 heterocycles. The minimum atomic E-state index is -0.539. The molecule has 1 rings (SSSR count). The summed E-state index contributed by atoms with van der Waals surface area (Å²) in [6.45, 7) is 1.36. The number of benzene rings is 1. The van der Waals surface area contributed by atoms with Crippen LogP contribution in [0.3, 0.4) is 0 Å². The van der Waals surface area contributed by atoms with Gasteiger partial charge in [-0.3, -0.25) is 14.9 Å². The van der Waals surface area contributed by atoms with E-state index >= 15 is 0 Å². The monoisotopic (exact) mass is 321 g/mol. The van der Waals surface area contributed by atoms with Gasteiger partial charge in [-0.1, -0.05) is 0 Å². The topological polar surface area (TPSA) is 60.2 Å². The number of hydrogen-bond donors (Lipinski definition) is 0. The van der Waals surface area contributed by atoms with Gasteiger partial charge in [0.2, 0.25) is 0 Å². The Morgan fingerprint density at radius 2 is 1.93 bits per heavy atom. The summed E-state index contributed by atoms with van der Waals surface area (Å²) >= 11 is 6.21. The molecule has 0 aromatic heterocycles. The number of carbonyl (C=O) groups is 1. The molecule has 0 saturated heterocycles. The lowest BCUT2D eigenvalue weighted by atomic mass is 10.1. The predicted molar refractivity (Wildman–Crippen MR) is 58.5 cm³/mol. The second-order valence-electron chi connectivity index (χ2n) is 2.60. The normalized spacial score (nSPS) is 9.93. The highest BCUT2D eigenvalue weighted by Gasteiger charge is 2.17. The van der Waals surface area contributed by atoms with Gasteiger partial charge < -0.3 is 0 Å². The molecule has 0 bridgehead atoms. The summed E-state index contributed by atoms with van der Waals surface area (Å²) in [5.41, 5.74) is 0.193. The van der Waals surface area contributed by atoms with Crippen LogP contribution in [0.5, 0.6) is 0 Å². The first kappa shape index (κ1) is 11.3. The van der Waals surface area contributed by atoms with Gasteiger partial charge in [0.15, 0.2) is 5.78 Å². The average Bonchev–Trinajstić information content (AvgIpc) is 2.02. The smallest absolute Gasteiger partial charge is 0.284 e. The van der Waals surface area contributed by atoms with Gasteiger partial charge in [0.25, 0.3) is 5.69 Å². The summed E-state index contributed by atoms with van der Waals surface area (Å²) in [6.07, 6.45) is 0. The quantitative estimate of drug-likeness (QED) is 0.476. The highest BCUT2D eigenvalue weighted by Crippen LogP contribution is 2.31. The number of halogens is 2. The lowest BCUT2D eigenvalue weighted by molar-refractivity contribution is -0.385. The number of rotatable bonds is 2. The molecule has 0 saturated carbocycles. The van der Waals surface area contributed by atoms with Crippen LogP contribution in [0.15, 0.2) is 21.1 Å². The number of carbonyl (C=O) groups excluding carboxylic acids is 1. The Morgan fingerprint density at radius 1 is 1.36 bits per heavy atom. The van der Waals surface area contributed by atoms with Crippen LogP contribution in [0, 0.1) is 10.1 Å². The minimum Gasteiger partial charge on any atom is -0.294 e. The highest BCUT2D eigenvalue weighted by atomic mass is 79.9. The van der Waals surface area contributed by atoms with E-state index in [0.29, 0.717) is 14.5 Å². The second kappa shape index (κ2) is 4.18. The first-order chi connectivity index (χ1) is 6.43. The molecule has 0 fully saturated rings. The first-order valence-electron chi connectivity index (χ1n) is 3.58. The highest BCUT2D eigenvalue weighted by molar-refractivity contribution is 9.11. The Kier molecular flexibility index (Phi) is 3.38. The summed E-state index contributed by atoms with van der Waals surface area (Å²) in [5.74, 6) is -0.215. The number of ketones is 1. The van der Waals surface area contributed by atoms with Crippen molar-refractivity contribution in [3.05, 3.63) is 36.8 Å². The fraction of sp³-hybridized carbons (Fsp3) is 0.125. The van der Waals surface area contributed by atoms with Gasteiger partial charge in [-0.15, -0.1) is 0 Å². The number of nitrogens with zero attached hydrogens (tertiary/aromatic N) is 1. The van der Waals surface area contributed by atoms with Gasteiger partial charge in [0.1, 0.15) is 0 Å². The van der Waals surface area contributed by atoms with Crippen molar-refractivity contribution < 1.29 is 9.72 Å². The van der Waals surface area contributed by atoms with Crippen molar-refractivity contribution in [2.45, 2.75) is 6.92 Å². The molecule has 1 aromatic rings. The SMILES string of the molecule is CC(=O)c1cc([N+](=O)[O-])c(Br)cc1Br. The van der Waals surface area contributed by atoms with Crippen molar-refractivity contribution in [2.24, 2.45) is 0 Å². The fourth-order valence-corrected chi connectivity index (χ4v) is 2.37. The molecule has 0 unspecified atom stereocenters. The summed E-state index contributed by atoms with van der Waals surface area (Å²) in [7, 11) is 0. The zero-order valence-electron chi connectivity index (χ0n) is 7.08. The molecule has 0 aliphatic heterocycles. The van der Waals surface area contributed by atoms with Crippen LogP contribution in [0.25, 0.3) is 0 Å². The van der Waals surface area contributed by atoms with Gasteiger partial charge in [-0.05, 0) is 44.8 Å². The van der Waals surface area contributed by atoms with Crippen LogP contribution in [0.2, 0.25) is 0 Å². The van der Waals surface area contributed by atoms with E-state index in [1.807, 2.05) is 0 Å². The Morgan fingerprint density at radius 3 is 2.36 bits per heavy atom. The molecule has 0 amide bonds. The fourth-order valence-electron chi connectivity index (χ4n) is 0.947. The molecule has 0 aliphatic carbocycles. The molecular weight excluding hydrogens is 318 g/mol. The van der Waals surface area contributed by atoms with E-state index in [-0.39, 0.29) is 11.5 Å². The maximum Gasteiger partial charge on any atom is 0.284 e. The maximum atomic E-state index is 11.1. The van der Waals surface area contributed by atoms with E-state index in [2.05, 4.69) is 31.9 Å². The number of nitro groups is 1. The van der Waals surface area contributed by atoms with Crippen molar-refractivity contribution in [1.29, 1.82) is 0 Å². The molecule has 0 atom stereocenters. The predicted octanol–water partition coefficient (Wildman–Crippen LogP) is 3.32. The van der Waals surface area contributed by atoms with Gasteiger partial charge in [0, 0.05) is 16.1 Å². The Labute approximate surface area is 96.7 Å². The van der Waals surface area contributed by atoms with E-state index in [9.17, 15) is 14.9 Å². The lowest BCUT2D eigenvalue weighted by Crippen LogP contribution is -1.97. The zero-order chi connectivity index (χ0) is 10.9. The van der Waals surface area contributed by atoms with Crippen molar-refractivity contribution in [1.82, 2.24) is 0 Å². The standard InChI is InChI=1S/C8H5Br2NO3/c1-4(12)5-2-8(11(13)14)7(10)3-6(5)9/h2-3H,1H3. The third-order valence-electron chi connectivity index (χ3n) is 1.61. The Hall–Kier alpha value is -0.750. The largest absolute Gasteiger partial charge is 0.294 e. The van der Waals surface area contributed by atoms with Crippen molar-refractivity contribution >= 4 is 43.3 Å². The molecule has 14 heavy (non-hydrogen) atoms. The van der Waals surface area contributed by atoms with Crippen LogP contribution >= 0.6 is 31.9 Å². The molecule has 4 nitrogen and oxygen atoms in total. The summed E-state index contributed by atoms with van der Waals surface area (Å²) in [5, 5.41) is 10.6. The molecule has 74 valence electrons. The van der Waals surface area contributed by atoms with Gasteiger partial charge >= 0.3 is 0 Å². The van der Waals surface area contributed by atoms with E-state index in [1.165, 1.54) is 19.1 Å². The summed E-state index contributed by atoms with van der Waals surface area (Å²) in [6, 6.07) is 2.74. The summed E-state index contributed by atoms with van der Waals surface area (Å²) < 4.78 is 0.891. The van der Waals surface area contributed by atoms with Gasteiger partial charge in [-0.2, -0.15) is 0 Å². The third-order valence-corrected chi connectivity index (χ3v) is 2.90. The van der Waals surface area contributed by atoms with Crippen LogP contribution < -0.4 is 0 Å². The number of Topliss-reactive ketones (excluding diaryl/α,β-unsaturated/α-hetero) is 1.